The number of aliphatic hydroxyl groups excluding tert-OH is 3. The second-order valence-corrected chi connectivity index (χ2v) is 15.6. The topological polar surface area (TPSA) is 169 Å². The van der Waals surface area contributed by atoms with Crippen molar-refractivity contribution in [1.29, 1.82) is 0 Å². The molecule has 0 radical (unpaired) electrons. The van der Waals surface area contributed by atoms with Crippen molar-refractivity contribution >= 4 is 19.8 Å². The number of carbonyl (C=O) groups excluding carboxylic acids is 2. The third kappa shape index (κ3) is 42.7. The summed E-state index contributed by atoms with van der Waals surface area (Å²) >= 11 is 0. The highest BCUT2D eigenvalue weighted by molar-refractivity contribution is 7.47. The van der Waals surface area contributed by atoms with Crippen LogP contribution in [-0.2, 0) is 32.7 Å². The second-order valence-electron chi connectivity index (χ2n) is 14.2. The van der Waals surface area contributed by atoms with Crippen LogP contribution in [0.1, 0.15) is 123 Å². The van der Waals surface area contributed by atoms with Crippen LogP contribution in [0.25, 0.3) is 0 Å². The summed E-state index contributed by atoms with van der Waals surface area (Å²) in [6.07, 6.45) is 54.5. The Balaban J connectivity index is 4.59. The van der Waals surface area contributed by atoms with Crippen molar-refractivity contribution in [3.05, 3.63) is 134 Å². The minimum atomic E-state index is -4.68. The summed E-state index contributed by atoms with van der Waals surface area (Å²) in [6, 6.07) is 0. The van der Waals surface area contributed by atoms with Crippen LogP contribution in [0.4, 0.5) is 0 Å². The molecule has 0 aliphatic rings. The Morgan fingerprint density at radius 1 is 0.548 bits per heavy atom. The van der Waals surface area contributed by atoms with E-state index in [1.165, 1.54) is 0 Å². The number of rotatable bonds is 39. The van der Waals surface area contributed by atoms with E-state index in [0.29, 0.717) is 19.3 Å². The van der Waals surface area contributed by atoms with Gasteiger partial charge in [-0.2, -0.15) is 0 Å². The summed E-state index contributed by atoms with van der Waals surface area (Å²) in [4.78, 5) is 35.0. The van der Waals surface area contributed by atoms with Crippen LogP contribution in [0, 0.1) is 0 Å². The molecule has 0 saturated heterocycles. The molecule has 0 bridgehead atoms. The lowest BCUT2D eigenvalue weighted by Crippen LogP contribution is -2.29. The lowest BCUT2D eigenvalue weighted by Gasteiger charge is -2.20. The Hall–Kier alpha value is -3.93. The maximum Gasteiger partial charge on any atom is 0.472 e. The first-order valence-electron chi connectivity index (χ1n) is 22.3. The van der Waals surface area contributed by atoms with Crippen LogP contribution in [0.2, 0.25) is 0 Å². The first kappa shape index (κ1) is 58.1. The Kier molecular flexibility index (Phi) is 40.9. The summed E-state index contributed by atoms with van der Waals surface area (Å²) < 4.78 is 32.6. The Bertz CT molecular complexity index is 1500. The Labute approximate surface area is 373 Å². The quantitative estimate of drug-likeness (QED) is 0.0152. The highest BCUT2D eigenvalue weighted by Crippen LogP contribution is 2.43. The maximum absolute atomic E-state index is 12.6. The molecule has 62 heavy (non-hydrogen) atoms. The standard InChI is InChI=1S/C50H77O11P/c1-3-5-7-9-11-13-15-17-18-19-20-21-22-24-26-28-30-32-36-41-50(55)61-48(45-60-62(56,57)59-43-47(53)42-51)44-58-49(54)40-37-33-35-39-46(52)38-34-31-29-27-25-23-16-14-12-10-8-6-4-2/h5-8,11-14,17-18,20-21,23-26,29,31,33-35,38,46-48,51-53H,3-4,9-10,15-16,19,22,27-28,30,32,36-37,39-45H2,1-2H3,(H,56,57)/b7-5-,8-6-,13-11-,14-12-,18-17-,21-20-,25-23-,26-24-,31-29-,35-33-,38-34-/t46?,47-,48+/m0/s1. The van der Waals surface area contributed by atoms with Gasteiger partial charge in [-0.3, -0.25) is 18.6 Å². The molecular formula is C50H77O11P. The van der Waals surface area contributed by atoms with Crippen LogP contribution in [-0.4, -0.2) is 76.9 Å². The molecule has 0 aliphatic carbocycles. The van der Waals surface area contributed by atoms with Gasteiger partial charge < -0.3 is 29.7 Å². The first-order chi connectivity index (χ1) is 30.1. The summed E-state index contributed by atoms with van der Waals surface area (Å²) in [5, 5.41) is 28.5. The summed E-state index contributed by atoms with van der Waals surface area (Å²) in [7, 11) is -4.68. The van der Waals surface area contributed by atoms with E-state index in [1.807, 2.05) is 12.2 Å². The summed E-state index contributed by atoms with van der Waals surface area (Å²) in [5.41, 5.74) is 0. The Morgan fingerprint density at radius 2 is 1.05 bits per heavy atom. The van der Waals surface area contributed by atoms with Crippen LogP contribution in [0.3, 0.4) is 0 Å². The largest absolute Gasteiger partial charge is 0.472 e. The molecule has 0 fully saturated rings. The fourth-order valence-electron chi connectivity index (χ4n) is 5.01. The zero-order valence-electron chi connectivity index (χ0n) is 37.4. The van der Waals surface area contributed by atoms with Crippen LogP contribution < -0.4 is 0 Å². The maximum atomic E-state index is 12.6. The first-order valence-corrected chi connectivity index (χ1v) is 23.7. The molecule has 0 aromatic rings. The number of esters is 2. The van der Waals surface area contributed by atoms with E-state index in [4.69, 9.17) is 19.1 Å². The molecule has 0 spiro atoms. The number of unbranched alkanes of at least 4 members (excludes halogenated alkanes) is 3. The molecule has 0 saturated carbocycles. The van der Waals surface area contributed by atoms with Gasteiger partial charge in [0, 0.05) is 12.8 Å². The third-order valence-electron chi connectivity index (χ3n) is 8.39. The monoisotopic (exact) mass is 885 g/mol. The van der Waals surface area contributed by atoms with Crippen LogP contribution >= 0.6 is 7.82 Å². The summed E-state index contributed by atoms with van der Waals surface area (Å²) in [5.74, 6) is -1.16. The van der Waals surface area contributed by atoms with E-state index in [1.54, 1.807) is 24.3 Å². The summed E-state index contributed by atoms with van der Waals surface area (Å²) in [6.45, 7) is 1.88. The molecule has 0 aliphatic heterocycles. The van der Waals surface area contributed by atoms with Crippen LogP contribution in [0.15, 0.2) is 134 Å². The van der Waals surface area contributed by atoms with Crippen molar-refractivity contribution in [2.45, 2.75) is 141 Å². The van der Waals surface area contributed by atoms with E-state index in [2.05, 4.69) is 116 Å². The third-order valence-corrected chi connectivity index (χ3v) is 9.34. The van der Waals surface area contributed by atoms with Crippen molar-refractivity contribution in [1.82, 2.24) is 0 Å². The van der Waals surface area contributed by atoms with Gasteiger partial charge in [0.15, 0.2) is 6.10 Å². The van der Waals surface area contributed by atoms with Crippen molar-refractivity contribution in [2.24, 2.45) is 0 Å². The van der Waals surface area contributed by atoms with E-state index in [9.17, 15) is 29.3 Å². The molecule has 0 amide bonds. The van der Waals surface area contributed by atoms with Gasteiger partial charge in [-0.15, -0.1) is 0 Å². The van der Waals surface area contributed by atoms with Crippen molar-refractivity contribution in [2.75, 3.05) is 26.4 Å². The highest BCUT2D eigenvalue weighted by Gasteiger charge is 2.27. The average Bonchev–Trinajstić information content (AvgIpc) is 3.26. The molecule has 0 aromatic heterocycles. The minimum absolute atomic E-state index is 0.0183. The molecule has 4 N–H and O–H groups in total. The number of phosphoric acid groups is 1. The molecule has 11 nitrogen and oxygen atoms in total. The number of aliphatic hydroxyl groups is 3. The predicted molar refractivity (Wildman–Crippen MR) is 252 cm³/mol. The number of hydrogen-bond donors (Lipinski definition) is 4. The van der Waals surface area contributed by atoms with Gasteiger partial charge in [0.05, 0.1) is 25.9 Å². The van der Waals surface area contributed by atoms with Crippen molar-refractivity contribution in [3.63, 3.8) is 0 Å². The van der Waals surface area contributed by atoms with Gasteiger partial charge in [-0.05, 0) is 89.9 Å². The zero-order chi connectivity index (χ0) is 45.6. The predicted octanol–water partition coefficient (Wildman–Crippen LogP) is 11.1. The molecule has 4 atom stereocenters. The second kappa shape index (κ2) is 43.7. The minimum Gasteiger partial charge on any atom is -0.462 e. The molecule has 0 rings (SSSR count). The van der Waals surface area contributed by atoms with Crippen LogP contribution in [0.5, 0.6) is 0 Å². The van der Waals surface area contributed by atoms with Gasteiger partial charge >= 0.3 is 19.8 Å². The molecule has 2 unspecified atom stereocenters. The number of carbonyl (C=O) groups is 2. The lowest BCUT2D eigenvalue weighted by molar-refractivity contribution is -0.161. The zero-order valence-corrected chi connectivity index (χ0v) is 38.3. The fourth-order valence-corrected chi connectivity index (χ4v) is 5.80. The van der Waals surface area contributed by atoms with Crippen molar-refractivity contribution < 1.29 is 52.9 Å². The molecule has 12 heteroatoms. The van der Waals surface area contributed by atoms with Gasteiger partial charge in [0.2, 0.25) is 0 Å². The van der Waals surface area contributed by atoms with Crippen molar-refractivity contribution in [3.8, 4) is 0 Å². The van der Waals surface area contributed by atoms with Gasteiger partial charge in [0.25, 0.3) is 0 Å². The van der Waals surface area contributed by atoms with E-state index in [0.717, 1.165) is 77.0 Å². The number of allylic oxidation sites excluding steroid dienone is 20. The number of ether oxygens (including phenoxy) is 2. The molecule has 0 heterocycles. The number of hydrogen-bond acceptors (Lipinski definition) is 10. The van der Waals surface area contributed by atoms with E-state index >= 15 is 0 Å². The van der Waals surface area contributed by atoms with E-state index in [-0.39, 0.29) is 12.8 Å². The molecule has 348 valence electrons. The number of phosphoric ester groups is 1. The molecule has 0 aromatic carbocycles. The highest BCUT2D eigenvalue weighted by atomic mass is 31.2. The van der Waals surface area contributed by atoms with Gasteiger partial charge in [-0.25, -0.2) is 4.57 Å². The average molecular weight is 885 g/mol. The SMILES string of the molecule is CC/C=C\C/C=C\C/C=C\C/C=C\C=C/C(O)C/C=C\CCC(=O)OC[C@H](COP(=O)(O)OC[C@@H](O)CO)OC(=O)CCCCC/C=C\C/C=C\C/C=C\C/C=C\C/C=C\CC. The Morgan fingerprint density at radius 3 is 1.60 bits per heavy atom. The normalized spacial score (nSPS) is 15.5. The molecular weight excluding hydrogens is 808 g/mol. The fraction of sp³-hybridized carbons (Fsp3) is 0.520. The van der Waals surface area contributed by atoms with E-state index < -0.39 is 64.5 Å². The smallest absolute Gasteiger partial charge is 0.462 e. The van der Waals surface area contributed by atoms with Gasteiger partial charge in [-0.1, -0.05) is 154 Å². The van der Waals surface area contributed by atoms with Gasteiger partial charge in [0.1, 0.15) is 12.7 Å². The lowest BCUT2D eigenvalue weighted by atomic mass is 10.1.